The molecule has 0 bridgehead atoms. The third kappa shape index (κ3) is 6.17. The van der Waals surface area contributed by atoms with Gasteiger partial charge in [-0.15, -0.1) is 11.3 Å². The van der Waals surface area contributed by atoms with Crippen LogP contribution in [0.15, 0.2) is 24.3 Å². The minimum absolute atomic E-state index is 0.0548. The molecule has 11 nitrogen and oxygen atoms in total. The van der Waals surface area contributed by atoms with E-state index in [0.717, 1.165) is 61.0 Å². The number of nitrogens with one attached hydrogen (secondary N) is 1. The fourth-order valence-corrected chi connectivity index (χ4v) is 7.47. The Kier molecular flexibility index (Phi) is 8.61. The smallest absolute Gasteiger partial charge is 0.408 e. The fourth-order valence-electron chi connectivity index (χ4n) is 6.36. The normalized spacial score (nSPS) is 20.6. The summed E-state index contributed by atoms with van der Waals surface area (Å²) in [6, 6.07) is 5.33. The average Bonchev–Trinajstić information content (AvgIpc) is 3.80. The number of fused-ring (bicyclic) bond motifs is 2. The van der Waals surface area contributed by atoms with E-state index in [0.29, 0.717) is 22.7 Å². The molecule has 0 unspecified atom stereocenters. The van der Waals surface area contributed by atoms with Crippen LogP contribution in [0.2, 0.25) is 0 Å². The maximum absolute atomic E-state index is 13.8. The molecule has 2 aromatic heterocycles. The second-order valence-corrected chi connectivity index (χ2v) is 13.2. The molecule has 3 aliphatic rings. The Morgan fingerprint density at radius 2 is 1.86 bits per heavy atom. The number of amides is 2. The van der Waals surface area contributed by atoms with Crippen molar-refractivity contribution < 1.29 is 33.7 Å². The van der Waals surface area contributed by atoms with Gasteiger partial charge in [0, 0.05) is 28.8 Å². The number of carbonyl (C=O) groups excluding carboxylic acids is 2. The van der Waals surface area contributed by atoms with Gasteiger partial charge in [-0.25, -0.2) is 19.6 Å². The van der Waals surface area contributed by atoms with Crippen LogP contribution in [0.1, 0.15) is 62.9 Å². The molecule has 3 atom stereocenters. The highest BCUT2D eigenvalue weighted by Gasteiger charge is 2.44. The predicted octanol–water partition coefficient (Wildman–Crippen LogP) is 4.98. The van der Waals surface area contributed by atoms with Crippen molar-refractivity contribution in [3.63, 3.8) is 0 Å². The zero-order valence-corrected chi connectivity index (χ0v) is 26.0. The van der Waals surface area contributed by atoms with E-state index in [2.05, 4.69) is 5.32 Å². The summed E-state index contributed by atoms with van der Waals surface area (Å²) in [6.07, 6.45) is 5.42. The first-order valence-corrected chi connectivity index (χ1v) is 16.2. The van der Waals surface area contributed by atoms with Crippen molar-refractivity contribution in [2.75, 3.05) is 13.7 Å². The maximum atomic E-state index is 13.8. The van der Waals surface area contributed by atoms with Crippen LogP contribution < -0.4 is 14.8 Å². The zero-order chi connectivity index (χ0) is 31.0. The van der Waals surface area contributed by atoms with Crippen molar-refractivity contribution in [1.82, 2.24) is 20.2 Å². The first-order valence-electron chi connectivity index (χ1n) is 15.3. The second-order valence-electron chi connectivity index (χ2n) is 12.1. The molecule has 3 aromatic rings. The van der Waals surface area contributed by atoms with E-state index in [4.69, 9.17) is 24.2 Å². The van der Waals surface area contributed by atoms with Crippen molar-refractivity contribution in [3.8, 4) is 22.2 Å². The number of benzene rings is 1. The lowest BCUT2D eigenvalue weighted by molar-refractivity contribution is -0.149. The number of likely N-dealkylation sites (tertiary alicyclic amines) is 1. The van der Waals surface area contributed by atoms with Crippen LogP contribution >= 0.6 is 11.3 Å². The van der Waals surface area contributed by atoms with Crippen molar-refractivity contribution in [1.29, 1.82) is 0 Å². The number of nitrogens with zero attached hydrogens (tertiary/aromatic N) is 3. The summed E-state index contributed by atoms with van der Waals surface area (Å²) in [6.45, 7) is 3.68. The predicted molar refractivity (Wildman–Crippen MR) is 164 cm³/mol. The number of thiazole rings is 1. The van der Waals surface area contributed by atoms with Crippen LogP contribution in [0.3, 0.4) is 0 Å². The molecule has 2 fully saturated rings. The topological polar surface area (TPSA) is 140 Å². The van der Waals surface area contributed by atoms with Crippen LogP contribution in [-0.4, -0.2) is 75.9 Å². The number of ether oxygens (including phenoxy) is 3. The molecule has 0 radical (unpaired) electrons. The van der Waals surface area contributed by atoms with Gasteiger partial charge in [-0.3, -0.25) is 4.79 Å². The number of hydrogen-bond donors (Lipinski definition) is 2. The summed E-state index contributed by atoms with van der Waals surface area (Å²) >= 11 is 1.64. The summed E-state index contributed by atoms with van der Waals surface area (Å²) in [5.41, 5.74) is 2.46. The number of hydrogen-bond acceptors (Lipinski definition) is 9. The Morgan fingerprint density at radius 3 is 2.57 bits per heavy atom. The molecule has 1 saturated carbocycles. The Labute approximate surface area is 259 Å². The number of aromatic nitrogens is 2. The summed E-state index contributed by atoms with van der Waals surface area (Å²) < 4.78 is 17.5. The van der Waals surface area contributed by atoms with Crippen LogP contribution in [0, 0.1) is 5.92 Å². The quantitative estimate of drug-likeness (QED) is 0.338. The Hall–Kier alpha value is -3.93. The number of methoxy groups -OCH3 is 1. The molecule has 2 aliphatic carbocycles. The Bertz CT molecular complexity index is 1550. The minimum Gasteiger partial charge on any atom is -0.497 e. The molecule has 234 valence electrons. The van der Waals surface area contributed by atoms with E-state index < -0.39 is 36.2 Å². The lowest BCUT2D eigenvalue weighted by Gasteiger charge is -2.29. The standard InChI is InChI=1S/C32H38N4O7S/c1-17(2)28(35-32(40)43-18-7-4-5-8-18)30(37)36-16-20(14-25(36)31(38)39)42-26-15-24(29-34-22-9-6-10-27(22)44-29)33-23-13-19(41-3)11-12-21(23)26/h11-13,15,17-18,20,25,28H,4-10,14,16H2,1-3H3,(H,35,40)(H,38,39)/t20-,25+,28+/m1/s1. The van der Waals surface area contributed by atoms with Gasteiger partial charge in [0.2, 0.25) is 5.91 Å². The van der Waals surface area contributed by atoms with Crippen molar-refractivity contribution in [2.24, 2.45) is 5.92 Å². The minimum atomic E-state index is -1.12. The molecule has 2 N–H and O–H groups in total. The van der Waals surface area contributed by atoms with Crippen LogP contribution in [-0.2, 0) is 27.2 Å². The number of carboxylic acid groups (broad SMARTS) is 1. The van der Waals surface area contributed by atoms with E-state index in [1.807, 2.05) is 38.1 Å². The van der Waals surface area contributed by atoms with Crippen LogP contribution in [0.25, 0.3) is 21.6 Å². The number of carboxylic acids is 1. The molecule has 12 heteroatoms. The third-order valence-electron chi connectivity index (χ3n) is 8.70. The highest BCUT2D eigenvalue weighted by atomic mass is 32.1. The van der Waals surface area contributed by atoms with Gasteiger partial charge < -0.3 is 29.5 Å². The van der Waals surface area contributed by atoms with Gasteiger partial charge in [-0.05, 0) is 63.0 Å². The van der Waals surface area contributed by atoms with E-state index >= 15 is 0 Å². The molecule has 2 amide bonds. The largest absolute Gasteiger partial charge is 0.497 e. The number of pyridine rings is 1. The summed E-state index contributed by atoms with van der Waals surface area (Å²) in [7, 11) is 1.59. The van der Waals surface area contributed by atoms with Crippen molar-refractivity contribution in [2.45, 2.75) is 89.5 Å². The molecule has 1 saturated heterocycles. The third-order valence-corrected chi connectivity index (χ3v) is 9.88. The highest BCUT2D eigenvalue weighted by molar-refractivity contribution is 7.15. The number of rotatable bonds is 9. The molecule has 44 heavy (non-hydrogen) atoms. The molecular weight excluding hydrogens is 584 g/mol. The fraction of sp³-hybridized carbons (Fsp3) is 0.531. The zero-order valence-electron chi connectivity index (χ0n) is 25.2. The first kappa shape index (κ1) is 30.1. The van der Waals surface area contributed by atoms with Gasteiger partial charge >= 0.3 is 12.1 Å². The average molecular weight is 623 g/mol. The van der Waals surface area contributed by atoms with Gasteiger partial charge in [0.15, 0.2) is 0 Å². The molecule has 1 aliphatic heterocycles. The summed E-state index contributed by atoms with van der Waals surface area (Å²) in [5, 5.41) is 14.4. The van der Waals surface area contributed by atoms with Gasteiger partial charge in [0.1, 0.15) is 46.5 Å². The molecule has 1 aromatic carbocycles. The SMILES string of the molecule is COc1ccc2c(O[C@@H]3C[C@@H](C(=O)O)N(C(=O)[C@@H](NC(=O)OC4CCCC4)C(C)C)C3)cc(-c3nc4c(s3)CCC4)nc2c1. The second kappa shape index (κ2) is 12.6. The molecular formula is C32H38N4O7S. The number of aryl methyl sites for hydroxylation is 2. The number of alkyl carbamates (subject to hydrolysis) is 1. The molecule has 3 heterocycles. The van der Waals surface area contributed by atoms with E-state index in [-0.39, 0.29) is 25.0 Å². The lowest BCUT2D eigenvalue weighted by Crippen LogP contribution is -2.54. The molecule has 6 rings (SSSR count). The summed E-state index contributed by atoms with van der Waals surface area (Å²) in [5.74, 6) is -0.691. The van der Waals surface area contributed by atoms with E-state index in [1.54, 1.807) is 18.4 Å². The molecule has 0 spiro atoms. The first-order chi connectivity index (χ1) is 21.2. The van der Waals surface area contributed by atoms with Crippen LogP contribution in [0.5, 0.6) is 11.5 Å². The summed E-state index contributed by atoms with van der Waals surface area (Å²) in [4.78, 5) is 51.1. The van der Waals surface area contributed by atoms with E-state index in [1.165, 1.54) is 9.78 Å². The Morgan fingerprint density at radius 1 is 1.07 bits per heavy atom. The van der Waals surface area contributed by atoms with Crippen molar-refractivity contribution in [3.05, 3.63) is 34.8 Å². The maximum Gasteiger partial charge on any atom is 0.408 e. The van der Waals surface area contributed by atoms with Gasteiger partial charge in [-0.1, -0.05) is 13.8 Å². The highest BCUT2D eigenvalue weighted by Crippen LogP contribution is 2.38. The Balaban J connectivity index is 1.25. The van der Waals surface area contributed by atoms with E-state index in [9.17, 15) is 19.5 Å². The van der Waals surface area contributed by atoms with Crippen LogP contribution in [0.4, 0.5) is 4.79 Å². The van der Waals surface area contributed by atoms with Gasteiger partial charge in [0.05, 0.1) is 24.9 Å². The lowest BCUT2D eigenvalue weighted by atomic mass is 10.0. The van der Waals surface area contributed by atoms with Crippen molar-refractivity contribution >= 4 is 40.2 Å². The monoisotopic (exact) mass is 622 g/mol. The number of aliphatic carboxylic acids is 1. The number of carbonyl (C=O) groups is 3. The van der Waals surface area contributed by atoms with Gasteiger partial charge in [-0.2, -0.15) is 0 Å². The van der Waals surface area contributed by atoms with Gasteiger partial charge in [0.25, 0.3) is 0 Å².